The molecule has 1 saturated carbocycles. The highest BCUT2D eigenvalue weighted by Gasteiger charge is 2.42. The Morgan fingerprint density at radius 1 is 1.25 bits per heavy atom. The molecule has 5 rings (SSSR count). The third-order valence-electron chi connectivity index (χ3n) is 6.36. The fraction of sp³-hybridized carbons (Fsp3) is 0.524. The van der Waals surface area contributed by atoms with Gasteiger partial charge in [0.25, 0.3) is 0 Å². The van der Waals surface area contributed by atoms with Gasteiger partial charge in [-0.1, -0.05) is 18.5 Å². The van der Waals surface area contributed by atoms with Crippen molar-refractivity contribution in [2.24, 2.45) is 11.8 Å². The number of aromatic amines is 1. The van der Waals surface area contributed by atoms with Crippen LogP contribution in [0.4, 0.5) is 13.2 Å². The fourth-order valence-corrected chi connectivity index (χ4v) is 5.02. The number of H-pyrrole nitrogens is 1. The van der Waals surface area contributed by atoms with Crippen LogP contribution >= 0.6 is 0 Å². The van der Waals surface area contributed by atoms with Crippen LogP contribution in [-0.2, 0) is 23.9 Å². The molecule has 4 aromatic rings. The number of nitrogens with one attached hydrogen (secondary N) is 1. The van der Waals surface area contributed by atoms with Gasteiger partial charge in [0.2, 0.25) is 5.89 Å². The Labute approximate surface area is 181 Å². The molecule has 3 atom stereocenters. The van der Waals surface area contributed by atoms with Gasteiger partial charge in [-0.25, -0.2) is 9.97 Å². The molecule has 1 N–H and O–H groups in total. The van der Waals surface area contributed by atoms with E-state index >= 15 is 0 Å². The molecule has 0 bridgehead atoms. The SMILES string of the molecule is CCC1CC(Cc2nc(COC)no2)CC1c1nc(C(F)(F)F)c2cnc3[nH]ccc3n12. The summed E-state index contributed by atoms with van der Waals surface area (Å²) in [5.74, 6) is 1.76. The fourth-order valence-electron chi connectivity index (χ4n) is 5.02. The maximum atomic E-state index is 13.8. The molecule has 1 aliphatic rings. The Hall–Kier alpha value is -2.95. The minimum Gasteiger partial charge on any atom is -0.377 e. The van der Waals surface area contributed by atoms with Gasteiger partial charge in [-0.2, -0.15) is 18.2 Å². The van der Waals surface area contributed by atoms with Gasteiger partial charge >= 0.3 is 6.18 Å². The first-order chi connectivity index (χ1) is 15.4. The summed E-state index contributed by atoms with van der Waals surface area (Å²) in [5.41, 5.74) is 0.227. The van der Waals surface area contributed by atoms with Crippen molar-refractivity contribution in [1.29, 1.82) is 0 Å². The maximum Gasteiger partial charge on any atom is 0.435 e. The average molecular weight is 448 g/mol. The Balaban J connectivity index is 1.52. The van der Waals surface area contributed by atoms with E-state index < -0.39 is 11.9 Å². The molecule has 32 heavy (non-hydrogen) atoms. The summed E-state index contributed by atoms with van der Waals surface area (Å²) in [4.78, 5) is 15.6. The summed E-state index contributed by atoms with van der Waals surface area (Å²) < 4.78 is 53.4. The van der Waals surface area contributed by atoms with Crippen LogP contribution in [0.5, 0.6) is 0 Å². The predicted octanol–water partition coefficient (Wildman–Crippen LogP) is 4.52. The van der Waals surface area contributed by atoms with Crippen LogP contribution in [0.25, 0.3) is 16.7 Å². The summed E-state index contributed by atoms with van der Waals surface area (Å²) in [7, 11) is 1.56. The number of aromatic nitrogens is 6. The second-order valence-corrected chi connectivity index (χ2v) is 8.36. The van der Waals surface area contributed by atoms with E-state index in [2.05, 4.69) is 32.0 Å². The number of fused-ring (bicyclic) bond motifs is 3. The quantitative estimate of drug-likeness (QED) is 0.466. The van der Waals surface area contributed by atoms with Crippen molar-refractivity contribution in [3.63, 3.8) is 0 Å². The first-order valence-corrected chi connectivity index (χ1v) is 10.6. The molecule has 8 nitrogen and oxygen atoms in total. The summed E-state index contributed by atoms with van der Waals surface area (Å²) in [6.45, 7) is 2.34. The standard InChI is InChI=1S/C21H23F3N6O2/c1-3-12-6-11(8-17-27-16(10-31-2)29-32-17)7-13(12)20-28-18(21(22,23)24)15-9-26-19-14(30(15)20)4-5-25-19/h4-5,9,11-13,25H,3,6-8,10H2,1-2H3. The van der Waals surface area contributed by atoms with Gasteiger partial charge < -0.3 is 14.2 Å². The van der Waals surface area contributed by atoms with Crippen molar-refractivity contribution < 1.29 is 22.4 Å². The highest BCUT2D eigenvalue weighted by atomic mass is 19.4. The Bertz CT molecular complexity index is 1240. The van der Waals surface area contributed by atoms with Gasteiger partial charge in [-0.15, -0.1) is 0 Å². The van der Waals surface area contributed by atoms with Crippen LogP contribution in [0, 0.1) is 11.8 Å². The van der Waals surface area contributed by atoms with Crippen molar-refractivity contribution in [2.75, 3.05) is 7.11 Å². The zero-order valence-corrected chi connectivity index (χ0v) is 17.7. The van der Waals surface area contributed by atoms with Crippen molar-refractivity contribution in [2.45, 2.75) is 51.3 Å². The third kappa shape index (κ3) is 3.54. The topological polar surface area (TPSA) is 94.1 Å². The Kier molecular flexibility index (Phi) is 5.15. The van der Waals surface area contributed by atoms with Crippen LogP contribution in [0.3, 0.4) is 0 Å². The number of halogens is 3. The third-order valence-corrected chi connectivity index (χ3v) is 6.36. The van der Waals surface area contributed by atoms with E-state index in [1.165, 1.54) is 6.20 Å². The minimum absolute atomic E-state index is 0.0148. The van der Waals surface area contributed by atoms with E-state index in [9.17, 15) is 13.2 Å². The molecule has 4 aromatic heterocycles. The molecule has 0 saturated heterocycles. The number of methoxy groups -OCH3 is 1. The van der Waals surface area contributed by atoms with Crippen LogP contribution in [0.2, 0.25) is 0 Å². The smallest absolute Gasteiger partial charge is 0.377 e. The molecule has 4 heterocycles. The lowest BCUT2D eigenvalue weighted by molar-refractivity contribution is -0.139. The first kappa shape index (κ1) is 20.9. The van der Waals surface area contributed by atoms with E-state index in [1.807, 2.05) is 0 Å². The number of rotatable bonds is 6. The minimum atomic E-state index is -4.56. The van der Waals surface area contributed by atoms with Gasteiger partial charge in [0, 0.05) is 25.6 Å². The number of nitrogens with zero attached hydrogens (tertiary/aromatic N) is 5. The second-order valence-electron chi connectivity index (χ2n) is 8.36. The molecule has 11 heteroatoms. The second kappa shape index (κ2) is 7.88. The molecule has 0 aromatic carbocycles. The Morgan fingerprint density at radius 3 is 2.84 bits per heavy atom. The molecule has 1 fully saturated rings. The maximum absolute atomic E-state index is 13.8. The summed E-state index contributed by atoms with van der Waals surface area (Å²) >= 11 is 0. The summed E-state index contributed by atoms with van der Waals surface area (Å²) in [6.07, 6.45) is 1.36. The Morgan fingerprint density at radius 2 is 2.09 bits per heavy atom. The van der Waals surface area contributed by atoms with Crippen LogP contribution in [0.1, 0.15) is 55.3 Å². The predicted molar refractivity (Wildman–Crippen MR) is 108 cm³/mol. The number of hydrogen-bond donors (Lipinski definition) is 1. The van der Waals surface area contributed by atoms with Gasteiger partial charge in [-0.05, 0) is 30.7 Å². The van der Waals surface area contributed by atoms with Crippen molar-refractivity contribution in [3.05, 3.63) is 41.7 Å². The van der Waals surface area contributed by atoms with E-state index in [4.69, 9.17) is 9.26 Å². The van der Waals surface area contributed by atoms with Crippen LogP contribution < -0.4 is 0 Å². The summed E-state index contributed by atoms with van der Waals surface area (Å²) in [5, 5.41) is 3.90. The van der Waals surface area contributed by atoms with Gasteiger partial charge in [0.05, 0.1) is 17.2 Å². The zero-order valence-electron chi connectivity index (χ0n) is 17.7. The van der Waals surface area contributed by atoms with Crippen molar-refractivity contribution >= 4 is 16.7 Å². The zero-order chi connectivity index (χ0) is 22.5. The van der Waals surface area contributed by atoms with Crippen molar-refractivity contribution in [1.82, 2.24) is 29.5 Å². The first-order valence-electron chi connectivity index (χ1n) is 10.6. The number of alkyl halides is 3. The molecule has 0 aliphatic heterocycles. The lowest BCUT2D eigenvalue weighted by Crippen LogP contribution is -2.10. The lowest BCUT2D eigenvalue weighted by Gasteiger charge is -2.17. The van der Waals surface area contributed by atoms with Crippen LogP contribution in [-0.4, -0.2) is 36.6 Å². The summed E-state index contributed by atoms with van der Waals surface area (Å²) in [6, 6.07) is 1.74. The van der Waals surface area contributed by atoms with E-state index in [-0.39, 0.29) is 29.9 Å². The molecule has 0 amide bonds. The molecular weight excluding hydrogens is 425 g/mol. The van der Waals surface area contributed by atoms with Gasteiger partial charge in [0.15, 0.2) is 17.2 Å². The number of hydrogen-bond acceptors (Lipinski definition) is 6. The molecular formula is C21H23F3N6O2. The number of imidazole rings is 1. The lowest BCUT2D eigenvalue weighted by atomic mass is 9.93. The van der Waals surface area contributed by atoms with Crippen molar-refractivity contribution in [3.8, 4) is 0 Å². The largest absolute Gasteiger partial charge is 0.435 e. The molecule has 170 valence electrons. The van der Waals surface area contributed by atoms with E-state index in [0.29, 0.717) is 41.5 Å². The number of ether oxygens (including phenoxy) is 1. The molecule has 0 radical (unpaired) electrons. The monoisotopic (exact) mass is 448 g/mol. The van der Waals surface area contributed by atoms with E-state index in [1.54, 1.807) is 23.8 Å². The highest BCUT2D eigenvalue weighted by Crippen LogP contribution is 2.47. The molecule has 1 aliphatic carbocycles. The molecule has 0 spiro atoms. The highest BCUT2D eigenvalue weighted by molar-refractivity contribution is 5.76. The normalized spacial score (nSPS) is 21.8. The van der Waals surface area contributed by atoms with Gasteiger partial charge in [0.1, 0.15) is 12.4 Å². The van der Waals surface area contributed by atoms with E-state index in [0.717, 1.165) is 12.8 Å². The molecule has 3 unspecified atom stereocenters. The van der Waals surface area contributed by atoms with Crippen LogP contribution in [0.15, 0.2) is 23.0 Å². The van der Waals surface area contributed by atoms with Gasteiger partial charge in [-0.3, -0.25) is 4.40 Å². The average Bonchev–Trinajstić information content (AvgIpc) is 3.52.